The lowest BCUT2D eigenvalue weighted by Crippen LogP contribution is -2.28. The third kappa shape index (κ3) is 3.58. The van der Waals surface area contributed by atoms with Crippen molar-refractivity contribution < 1.29 is 18.3 Å². The minimum absolute atomic E-state index is 0.179. The maximum absolute atomic E-state index is 12.8. The molecule has 0 aliphatic rings. The van der Waals surface area contributed by atoms with Gasteiger partial charge >= 0.3 is 0 Å². The molecule has 0 atom stereocenters. The van der Waals surface area contributed by atoms with E-state index in [0.717, 1.165) is 0 Å². The Morgan fingerprint density at radius 1 is 1.50 bits per heavy atom. The number of carbonyl (C=O) groups is 1. The molecule has 1 N–H and O–H groups in total. The van der Waals surface area contributed by atoms with Crippen molar-refractivity contribution in [2.24, 2.45) is 0 Å². The van der Waals surface area contributed by atoms with Crippen LogP contribution in [-0.2, 0) is 11.3 Å². The molecule has 1 amide bonds. The summed E-state index contributed by atoms with van der Waals surface area (Å²) in [5.41, 5.74) is 0.620. The van der Waals surface area contributed by atoms with Gasteiger partial charge < -0.3 is 14.5 Å². The third-order valence-electron chi connectivity index (χ3n) is 2.12. The number of amides is 1. The van der Waals surface area contributed by atoms with E-state index in [4.69, 9.17) is 9.15 Å². The standard InChI is InChI=1S/C12H11FN2O3/c13-9-2-1-3-11(4-9)18-7-12(16)14-5-10-6-17-8-15-10/h1-4,6,8H,5,7H2,(H,14,16). The van der Waals surface area contributed by atoms with Crippen LogP contribution in [0.25, 0.3) is 0 Å². The van der Waals surface area contributed by atoms with E-state index in [-0.39, 0.29) is 19.1 Å². The van der Waals surface area contributed by atoms with Gasteiger partial charge in [0.1, 0.15) is 17.8 Å². The van der Waals surface area contributed by atoms with Gasteiger partial charge in [-0.2, -0.15) is 0 Å². The van der Waals surface area contributed by atoms with Crippen molar-refractivity contribution in [2.75, 3.05) is 6.61 Å². The number of carbonyl (C=O) groups excluding carboxylic acids is 1. The Hall–Kier alpha value is -2.37. The predicted molar refractivity (Wildman–Crippen MR) is 60.2 cm³/mol. The largest absolute Gasteiger partial charge is 0.484 e. The van der Waals surface area contributed by atoms with E-state index in [1.54, 1.807) is 6.07 Å². The Morgan fingerprint density at radius 3 is 3.11 bits per heavy atom. The third-order valence-corrected chi connectivity index (χ3v) is 2.12. The van der Waals surface area contributed by atoms with Crippen molar-refractivity contribution in [3.8, 4) is 5.75 Å². The zero-order chi connectivity index (χ0) is 12.8. The normalized spacial score (nSPS) is 10.1. The minimum atomic E-state index is -0.407. The van der Waals surface area contributed by atoms with Gasteiger partial charge in [0.15, 0.2) is 13.0 Å². The maximum Gasteiger partial charge on any atom is 0.258 e. The Labute approximate surface area is 103 Å². The molecule has 0 saturated carbocycles. The van der Waals surface area contributed by atoms with Crippen molar-refractivity contribution in [1.82, 2.24) is 10.3 Å². The second-order valence-corrected chi connectivity index (χ2v) is 3.50. The molecule has 18 heavy (non-hydrogen) atoms. The zero-order valence-electron chi connectivity index (χ0n) is 9.43. The molecule has 0 radical (unpaired) electrons. The summed E-state index contributed by atoms with van der Waals surface area (Å²) in [5, 5.41) is 2.59. The van der Waals surface area contributed by atoms with Crippen LogP contribution < -0.4 is 10.1 Å². The van der Waals surface area contributed by atoms with E-state index in [2.05, 4.69) is 10.3 Å². The molecule has 0 aliphatic carbocycles. The van der Waals surface area contributed by atoms with Crippen LogP contribution in [0.4, 0.5) is 4.39 Å². The number of hydrogen-bond donors (Lipinski definition) is 1. The molecule has 0 saturated heterocycles. The molecule has 0 unspecified atom stereocenters. The molecule has 1 aromatic heterocycles. The van der Waals surface area contributed by atoms with Gasteiger partial charge in [0.05, 0.1) is 12.2 Å². The summed E-state index contributed by atoms with van der Waals surface area (Å²) < 4.78 is 22.7. The first-order chi connectivity index (χ1) is 8.74. The molecule has 0 fully saturated rings. The highest BCUT2D eigenvalue weighted by atomic mass is 19.1. The van der Waals surface area contributed by atoms with Gasteiger partial charge in [-0.05, 0) is 12.1 Å². The minimum Gasteiger partial charge on any atom is -0.484 e. The van der Waals surface area contributed by atoms with Crippen LogP contribution in [-0.4, -0.2) is 17.5 Å². The number of nitrogens with one attached hydrogen (secondary N) is 1. The average Bonchev–Trinajstić information content (AvgIpc) is 2.87. The smallest absolute Gasteiger partial charge is 0.258 e. The molecular formula is C12H11FN2O3. The molecule has 5 nitrogen and oxygen atoms in total. The van der Waals surface area contributed by atoms with Crippen LogP contribution in [0.3, 0.4) is 0 Å². The lowest BCUT2D eigenvalue weighted by Gasteiger charge is -2.06. The molecule has 0 aliphatic heterocycles. The SMILES string of the molecule is O=C(COc1cccc(F)c1)NCc1cocn1. The van der Waals surface area contributed by atoms with Crippen LogP contribution in [0.5, 0.6) is 5.75 Å². The average molecular weight is 250 g/mol. The van der Waals surface area contributed by atoms with Crippen molar-refractivity contribution >= 4 is 5.91 Å². The highest BCUT2D eigenvalue weighted by Gasteiger charge is 2.04. The van der Waals surface area contributed by atoms with Crippen molar-refractivity contribution in [3.63, 3.8) is 0 Å². The van der Waals surface area contributed by atoms with Gasteiger partial charge in [-0.3, -0.25) is 4.79 Å². The Balaban J connectivity index is 1.75. The van der Waals surface area contributed by atoms with Crippen LogP contribution in [0.1, 0.15) is 5.69 Å². The van der Waals surface area contributed by atoms with Gasteiger partial charge in [0, 0.05) is 6.07 Å². The van der Waals surface area contributed by atoms with E-state index in [0.29, 0.717) is 11.4 Å². The monoisotopic (exact) mass is 250 g/mol. The van der Waals surface area contributed by atoms with Crippen LogP contribution in [0.15, 0.2) is 41.3 Å². The summed E-state index contributed by atoms with van der Waals surface area (Å²) in [6.07, 6.45) is 2.72. The first kappa shape index (κ1) is 12.1. The summed E-state index contributed by atoms with van der Waals surface area (Å²) in [6.45, 7) is 0.0865. The number of hydrogen-bond acceptors (Lipinski definition) is 4. The number of aromatic nitrogens is 1. The molecule has 94 valence electrons. The van der Waals surface area contributed by atoms with E-state index in [1.807, 2.05) is 0 Å². The maximum atomic E-state index is 12.8. The number of rotatable bonds is 5. The molecule has 2 rings (SSSR count). The van der Waals surface area contributed by atoms with E-state index >= 15 is 0 Å². The van der Waals surface area contributed by atoms with Crippen LogP contribution in [0, 0.1) is 5.82 Å². The second-order valence-electron chi connectivity index (χ2n) is 3.50. The molecular weight excluding hydrogens is 239 g/mol. The first-order valence-electron chi connectivity index (χ1n) is 5.26. The molecule has 0 bridgehead atoms. The second kappa shape index (κ2) is 5.81. The number of nitrogens with zero attached hydrogens (tertiary/aromatic N) is 1. The van der Waals surface area contributed by atoms with Crippen LogP contribution in [0.2, 0.25) is 0 Å². The lowest BCUT2D eigenvalue weighted by atomic mass is 10.3. The molecule has 1 heterocycles. The summed E-state index contributed by atoms with van der Waals surface area (Å²) in [7, 11) is 0. The summed E-state index contributed by atoms with van der Waals surface area (Å²) >= 11 is 0. The molecule has 2 aromatic rings. The predicted octanol–water partition coefficient (Wildman–Crippen LogP) is 1.51. The van der Waals surface area contributed by atoms with Gasteiger partial charge in [-0.25, -0.2) is 9.37 Å². The fourth-order valence-corrected chi connectivity index (χ4v) is 1.27. The molecule has 1 aromatic carbocycles. The topological polar surface area (TPSA) is 64.4 Å². The van der Waals surface area contributed by atoms with Gasteiger partial charge in [0.2, 0.25) is 0 Å². The van der Waals surface area contributed by atoms with Crippen molar-refractivity contribution in [1.29, 1.82) is 0 Å². The summed E-state index contributed by atoms with van der Waals surface area (Å²) in [6, 6.07) is 5.61. The number of ether oxygens (including phenoxy) is 1. The quantitative estimate of drug-likeness (QED) is 0.873. The van der Waals surface area contributed by atoms with Gasteiger partial charge in [-0.1, -0.05) is 6.07 Å². The highest BCUT2D eigenvalue weighted by molar-refractivity contribution is 5.77. The number of benzene rings is 1. The van der Waals surface area contributed by atoms with Crippen LogP contribution >= 0.6 is 0 Å². The Morgan fingerprint density at radius 2 is 2.39 bits per heavy atom. The Bertz CT molecular complexity index is 514. The van der Waals surface area contributed by atoms with Crippen molar-refractivity contribution in [3.05, 3.63) is 48.4 Å². The zero-order valence-corrected chi connectivity index (χ0v) is 9.43. The number of oxazole rings is 1. The Kier molecular flexibility index (Phi) is 3.90. The molecule has 6 heteroatoms. The molecule has 0 spiro atoms. The van der Waals surface area contributed by atoms with Crippen molar-refractivity contribution in [2.45, 2.75) is 6.54 Å². The van der Waals surface area contributed by atoms with E-state index in [1.165, 1.54) is 30.9 Å². The van der Waals surface area contributed by atoms with E-state index in [9.17, 15) is 9.18 Å². The number of halogens is 1. The summed E-state index contributed by atoms with van der Waals surface area (Å²) in [5.74, 6) is -0.413. The summed E-state index contributed by atoms with van der Waals surface area (Å²) in [4.78, 5) is 15.3. The van der Waals surface area contributed by atoms with Gasteiger partial charge in [0.25, 0.3) is 5.91 Å². The fraction of sp³-hybridized carbons (Fsp3) is 0.167. The first-order valence-corrected chi connectivity index (χ1v) is 5.26. The fourth-order valence-electron chi connectivity index (χ4n) is 1.27. The lowest BCUT2D eigenvalue weighted by molar-refractivity contribution is -0.123. The highest BCUT2D eigenvalue weighted by Crippen LogP contribution is 2.11. The van der Waals surface area contributed by atoms with Gasteiger partial charge in [-0.15, -0.1) is 0 Å². The van der Waals surface area contributed by atoms with E-state index < -0.39 is 5.82 Å².